The molecule has 0 aromatic heterocycles. The van der Waals surface area contributed by atoms with Crippen molar-refractivity contribution < 1.29 is 23.5 Å². The molecule has 1 unspecified atom stereocenters. The summed E-state index contributed by atoms with van der Waals surface area (Å²) in [5, 5.41) is 5.57. The number of halogens is 1. The van der Waals surface area contributed by atoms with Crippen LogP contribution >= 0.6 is 0 Å². The maximum absolute atomic E-state index is 13.2. The van der Waals surface area contributed by atoms with Crippen LogP contribution in [0.1, 0.15) is 24.2 Å². The maximum atomic E-state index is 13.2. The van der Waals surface area contributed by atoms with Gasteiger partial charge in [0.25, 0.3) is 5.91 Å². The molecular formula is C24H29FN4O4. The Morgan fingerprint density at radius 1 is 0.939 bits per heavy atom. The second-order valence-corrected chi connectivity index (χ2v) is 8.14. The first-order valence-corrected chi connectivity index (χ1v) is 10.8. The molecule has 1 aliphatic heterocycles. The molecule has 3 rings (SSSR count). The van der Waals surface area contributed by atoms with E-state index in [1.54, 1.807) is 34.1 Å². The average Bonchev–Trinajstić information content (AvgIpc) is 2.83. The zero-order valence-electron chi connectivity index (χ0n) is 19.0. The molecule has 8 nitrogen and oxygen atoms in total. The van der Waals surface area contributed by atoms with E-state index in [9.17, 15) is 18.8 Å². The molecule has 4 amide bonds. The summed E-state index contributed by atoms with van der Waals surface area (Å²) in [4.78, 5) is 41.7. The van der Waals surface area contributed by atoms with Crippen LogP contribution in [0.3, 0.4) is 0 Å². The number of piperazine rings is 1. The summed E-state index contributed by atoms with van der Waals surface area (Å²) < 4.78 is 18.3. The molecular weight excluding hydrogens is 427 g/mol. The molecule has 0 radical (unpaired) electrons. The molecule has 2 N–H and O–H groups in total. The molecule has 1 fully saturated rings. The first-order valence-electron chi connectivity index (χ1n) is 10.8. The molecule has 1 atom stereocenters. The quantitative estimate of drug-likeness (QED) is 0.699. The molecule has 9 heteroatoms. The van der Waals surface area contributed by atoms with Gasteiger partial charge in [-0.1, -0.05) is 26.0 Å². The van der Waals surface area contributed by atoms with E-state index in [1.807, 2.05) is 13.8 Å². The van der Waals surface area contributed by atoms with Crippen molar-refractivity contribution in [2.24, 2.45) is 5.92 Å². The number of methoxy groups -OCH3 is 1. The van der Waals surface area contributed by atoms with E-state index >= 15 is 0 Å². The minimum atomic E-state index is -0.706. The summed E-state index contributed by atoms with van der Waals surface area (Å²) in [6.07, 6.45) is 0. The number of para-hydroxylation sites is 1. The lowest BCUT2D eigenvalue weighted by Crippen LogP contribution is -2.57. The van der Waals surface area contributed by atoms with E-state index in [0.29, 0.717) is 43.2 Å². The third-order valence-corrected chi connectivity index (χ3v) is 5.54. The molecule has 0 bridgehead atoms. The topological polar surface area (TPSA) is 91.0 Å². The van der Waals surface area contributed by atoms with Crippen LogP contribution in [0.4, 0.5) is 14.9 Å². The van der Waals surface area contributed by atoms with Gasteiger partial charge in [0.15, 0.2) is 0 Å². The van der Waals surface area contributed by atoms with E-state index in [0.717, 1.165) is 0 Å². The van der Waals surface area contributed by atoms with Gasteiger partial charge in [-0.3, -0.25) is 9.59 Å². The van der Waals surface area contributed by atoms with Gasteiger partial charge >= 0.3 is 6.03 Å². The number of ether oxygens (including phenoxy) is 1. The highest BCUT2D eigenvalue weighted by molar-refractivity contribution is 5.99. The van der Waals surface area contributed by atoms with Gasteiger partial charge in [-0.15, -0.1) is 0 Å². The molecule has 0 aliphatic carbocycles. The third kappa shape index (κ3) is 6.00. The second kappa shape index (κ2) is 10.8. The predicted octanol–water partition coefficient (Wildman–Crippen LogP) is 2.97. The Hall–Kier alpha value is -3.62. The summed E-state index contributed by atoms with van der Waals surface area (Å²) >= 11 is 0. The maximum Gasteiger partial charge on any atom is 0.321 e. The average molecular weight is 457 g/mol. The fourth-order valence-electron chi connectivity index (χ4n) is 3.63. The summed E-state index contributed by atoms with van der Waals surface area (Å²) in [6, 6.07) is 11.4. The smallest absolute Gasteiger partial charge is 0.321 e. The van der Waals surface area contributed by atoms with E-state index in [-0.39, 0.29) is 29.6 Å². The fraction of sp³-hybridized carbons (Fsp3) is 0.375. The van der Waals surface area contributed by atoms with Gasteiger partial charge in [-0.2, -0.15) is 0 Å². The lowest BCUT2D eigenvalue weighted by molar-refractivity contribution is -0.135. The van der Waals surface area contributed by atoms with Gasteiger partial charge in [0.1, 0.15) is 17.6 Å². The molecule has 1 aliphatic rings. The van der Waals surface area contributed by atoms with Crippen molar-refractivity contribution in [3.05, 3.63) is 59.9 Å². The zero-order valence-corrected chi connectivity index (χ0v) is 19.0. The fourth-order valence-corrected chi connectivity index (χ4v) is 3.63. The normalized spacial score (nSPS) is 14.6. The molecule has 1 saturated heterocycles. The number of urea groups is 1. The van der Waals surface area contributed by atoms with Gasteiger partial charge in [0, 0.05) is 31.9 Å². The highest BCUT2D eigenvalue weighted by atomic mass is 19.1. The highest BCUT2D eigenvalue weighted by Gasteiger charge is 2.32. The van der Waals surface area contributed by atoms with Gasteiger partial charge < -0.3 is 25.2 Å². The largest absolute Gasteiger partial charge is 0.496 e. The number of anilines is 1. The minimum Gasteiger partial charge on any atom is -0.496 e. The van der Waals surface area contributed by atoms with Crippen molar-refractivity contribution in [3.8, 4) is 5.75 Å². The molecule has 176 valence electrons. The highest BCUT2D eigenvalue weighted by Crippen LogP contribution is 2.18. The Morgan fingerprint density at radius 2 is 1.55 bits per heavy atom. The Labute approximate surface area is 192 Å². The summed E-state index contributed by atoms with van der Waals surface area (Å²) in [5.74, 6) is -0.636. The number of hydrogen-bond donors (Lipinski definition) is 2. The number of amides is 4. The monoisotopic (exact) mass is 456 g/mol. The molecule has 0 saturated carbocycles. The number of benzene rings is 2. The van der Waals surface area contributed by atoms with E-state index < -0.39 is 6.04 Å². The van der Waals surface area contributed by atoms with Gasteiger partial charge in [0.05, 0.1) is 12.7 Å². The second-order valence-electron chi connectivity index (χ2n) is 8.14. The number of hydrogen-bond acceptors (Lipinski definition) is 4. The zero-order chi connectivity index (χ0) is 24.0. The van der Waals surface area contributed by atoms with Gasteiger partial charge in [0.2, 0.25) is 5.91 Å². The molecule has 1 heterocycles. The van der Waals surface area contributed by atoms with Crippen LogP contribution in [0.25, 0.3) is 0 Å². The number of carbonyl (C=O) groups is 3. The summed E-state index contributed by atoms with van der Waals surface area (Å²) in [7, 11) is 1.49. The lowest BCUT2D eigenvalue weighted by atomic mass is 10.0. The van der Waals surface area contributed by atoms with Crippen LogP contribution in [0.2, 0.25) is 0 Å². The minimum absolute atomic E-state index is 0.129. The Morgan fingerprint density at radius 3 is 2.15 bits per heavy atom. The van der Waals surface area contributed by atoms with Gasteiger partial charge in [-0.05, 0) is 42.3 Å². The van der Waals surface area contributed by atoms with Crippen molar-refractivity contribution in [1.82, 2.24) is 15.1 Å². The first kappa shape index (κ1) is 24.0. The van der Waals surface area contributed by atoms with Gasteiger partial charge in [-0.25, -0.2) is 9.18 Å². The first-order chi connectivity index (χ1) is 15.8. The third-order valence-electron chi connectivity index (χ3n) is 5.54. The predicted molar refractivity (Wildman–Crippen MR) is 123 cm³/mol. The Kier molecular flexibility index (Phi) is 7.87. The molecule has 2 aromatic rings. The number of rotatable bonds is 6. The van der Waals surface area contributed by atoms with Crippen molar-refractivity contribution >= 4 is 23.5 Å². The Bertz CT molecular complexity index is 988. The van der Waals surface area contributed by atoms with Crippen LogP contribution in [-0.2, 0) is 4.79 Å². The lowest BCUT2D eigenvalue weighted by Gasteiger charge is -2.37. The number of nitrogens with zero attached hydrogens (tertiary/aromatic N) is 2. The molecule has 2 aromatic carbocycles. The van der Waals surface area contributed by atoms with E-state index in [4.69, 9.17) is 4.74 Å². The van der Waals surface area contributed by atoms with E-state index in [1.165, 1.54) is 31.4 Å². The number of nitrogens with one attached hydrogen (secondary N) is 2. The molecule has 0 spiro atoms. The van der Waals surface area contributed by atoms with Crippen LogP contribution in [0.5, 0.6) is 5.75 Å². The SMILES string of the molecule is COc1ccccc1C(=O)NC(C(=O)N1CCN(C(=O)Nc2ccc(F)cc2)CC1)C(C)C. The van der Waals surface area contributed by atoms with Crippen molar-refractivity contribution in [3.63, 3.8) is 0 Å². The van der Waals surface area contributed by atoms with Crippen molar-refractivity contribution in [2.75, 3.05) is 38.6 Å². The van der Waals surface area contributed by atoms with Crippen LogP contribution < -0.4 is 15.4 Å². The summed E-state index contributed by atoms with van der Waals surface area (Å²) in [6.45, 7) is 5.15. The molecule has 33 heavy (non-hydrogen) atoms. The van der Waals surface area contributed by atoms with Crippen LogP contribution in [0, 0.1) is 11.7 Å². The van der Waals surface area contributed by atoms with Crippen molar-refractivity contribution in [2.45, 2.75) is 19.9 Å². The summed E-state index contributed by atoms with van der Waals surface area (Å²) in [5.41, 5.74) is 0.861. The van der Waals surface area contributed by atoms with Crippen LogP contribution in [-0.4, -0.2) is 67.0 Å². The van der Waals surface area contributed by atoms with Crippen LogP contribution in [0.15, 0.2) is 48.5 Å². The number of carbonyl (C=O) groups excluding carboxylic acids is 3. The van der Waals surface area contributed by atoms with Crippen molar-refractivity contribution in [1.29, 1.82) is 0 Å². The standard InChI is InChI=1S/C24H29FN4O4/c1-16(2)21(27-22(30)19-6-4-5-7-20(19)33-3)23(31)28-12-14-29(15-13-28)24(32)26-18-10-8-17(25)9-11-18/h4-11,16,21H,12-15H2,1-3H3,(H,26,32)(H,27,30). The van der Waals surface area contributed by atoms with E-state index in [2.05, 4.69) is 10.6 Å². The Balaban J connectivity index is 1.58.